The molecule has 1 atom stereocenters. The van der Waals surface area contributed by atoms with Gasteiger partial charge in [-0.1, -0.05) is 12.1 Å². The zero-order chi connectivity index (χ0) is 26.5. The van der Waals surface area contributed by atoms with Gasteiger partial charge < -0.3 is 29.4 Å². The second kappa shape index (κ2) is 10.6. The fourth-order valence-corrected chi connectivity index (χ4v) is 3.84. The van der Waals surface area contributed by atoms with Gasteiger partial charge in [0.05, 0.1) is 25.1 Å². The first kappa shape index (κ1) is 24.9. The van der Waals surface area contributed by atoms with E-state index < -0.39 is 23.4 Å². The van der Waals surface area contributed by atoms with Crippen molar-refractivity contribution in [1.82, 2.24) is 0 Å². The van der Waals surface area contributed by atoms with E-state index in [9.17, 15) is 20.2 Å². The fraction of sp³-hybridized carbons (Fsp3) is 0.154. The van der Waals surface area contributed by atoms with E-state index in [1.807, 2.05) is 0 Å². The van der Waals surface area contributed by atoms with Gasteiger partial charge in [-0.15, -0.1) is 0 Å². The van der Waals surface area contributed by atoms with Gasteiger partial charge in [0.15, 0.2) is 18.1 Å². The van der Waals surface area contributed by atoms with Crippen LogP contribution in [0.1, 0.15) is 17.0 Å². The summed E-state index contributed by atoms with van der Waals surface area (Å²) in [5.74, 6) is 0.467. The summed E-state index contributed by atoms with van der Waals surface area (Å²) in [6.07, 6.45) is 0. The number of carbonyl (C=O) groups is 1. The Kier molecular flexibility index (Phi) is 7.11. The van der Waals surface area contributed by atoms with E-state index in [0.29, 0.717) is 22.8 Å². The molecule has 11 heteroatoms. The molecule has 0 bridgehead atoms. The van der Waals surface area contributed by atoms with E-state index in [2.05, 4.69) is 6.07 Å². The molecule has 1 unspecified atom stereocenters. The molecule has 0 fully saturated rings. The van der Waals surface area contributed by atoms with E-state index >= 15 is 0 Å². The molecule has 188 valence electrons. The monoisotopic (exact) mass is 503 g/mol. The fourth-order valence-electron chi connectivity index (χ4n) is 3.84. The number of benzene rings is 3. The lowest BCUT2D eigenvalue weighted by atomic mass is 9.83. The van der Waals surface area contributed by atoms with Crippen molar-refractivity contribution in [2.75, 3.05) is 20.8 Å². The predicted molar refractivity (Wildman–Crippen MR) is 130 cm³/mol. The lowest BCUT2D eigenvalue weighted by Crippen LogP contribution is -2.21. The number of nitrogens with two attached hydrogens (primary N) is 1. The number of nitro groups is 1. The van der Waals surface area contributed by atoms with Crippen molar-refractivity contribution in [1.29, 1.82) is 5.26 Å². The summed E-state index contributed by atoms with van der Waals surface area (Å²) in [5, 5.41) is 20.5. The number of non-ortho nitro benzene ring substituents is 1. The van der Waals surface area contributed by atoms with Gasteiger partial charge >= 0.3 is 5.97 Å². The van der Waals surface area contributed by atoms with E-state index in [1.165, 1.54) is 44.6 Å². The molecule has 3 aromatic rings. The Labute approximate surface area is 211 Å². The van der Waals surface area contributed by atoms with Gasteiger partial charge in [-0.25, -0.2) is 4.79 Å². The standard InChI is InChI=1S/C26H21N3O8/c1-33-21-10-3-15(11-23(21)34-2)25-19-9-8-18(12-22(19)37-26(28)20(25)13-27)36-24(30)14-35-17-6-4-16(5-7-17)29(31)32/h3-12,25H,14,28H2,1-2H3. The molecule has 37 heavy (non-hydrogen) atoms. The van der Waals surface area contributed by atoms with Gasteiger partial charge in [-0.2, -0.15) is 5.26 Å². The highest BCUT2D eigenvalue weighted by Crippen LogP contribution is 2.45. The summed E-state index contributed by atoms with van der Waals surface area (Å²) in [4.78, 5) is 22.5. The highest BCUT2D eigenvalue weighted by molar-refractivity contribution is 5.74. The van der Waals surface area contributed by atoms with Gasteiger partial charge in [-0.05, 0) is 35.9 Å². The lowest BCUT2D eigenvalue weighted by molar-refractivity contribution is -0.384. The number of nitro benzene ring substituents is 1. The maximum atomic E-state index is 12.3. The third kappa shape index (κ3) is 5.23. The smallest absolute Gasteiger partial charge is 0.349 e. The SMILES string of the molecule is COc1ccc(C2C(C#N)=C(N)Oc3cc(OC(=O)COc4ccc([N+](=O)[O-])cc4)ccc32)cc1OC. The van der Waals surface area contributed by atoms with Crippen molar-refractivity contribution < 1.29 is 33.4 Å². The van der Waals surface area contributed by atoms with Crippen LogP contribution in [-0.2, 0) is 4.79 Å². The van der Waals surface area contributed by atoms with Gasteiger partial charge in [0.2, 0.25) is 5.88 Å². The molecule has 0 spiro atoms. The normalized spacial score (nSPS) is 14.0. The highest BCUT2D eigenvalue weighted by Gasteiger charge is 2.31. The van der Waals surface area contributed by atoms with Crippen molar-refractivity contribution in [3.8, 4) is 34.8 Å². The minimum absolute atomic E-state index is 0.0697. The quantitative estimate of drug-likeness (QED) is 0.207. The summed E-state index contributed by atoms with van der Waals surface area (Å²) in [5.41, 5.74) is 7.55. The minimum atomic E-state index is -0.702. The van der Waals surface area contributed by atoms with Crippen LogP contribution in [0.3, 0.4) is 0 Å². The zero-order valence-electron chi connectivity index (χ0n) is 19.8. The average molecular weight is 503 g/mol. The van der Waals surface area contributed by atoms with E-state index in [-0.39, 0.29) is 28.6 Å². The number of rotatable bonds is 8. The number of hydrogen-bond acceptors (Lipinski definition) is 10. The first-order valence-electron chi connectivity index (χ1n) is 10.9. The zero-order valence-corrected chi connectivity index (χ0v) is 19.8. The molecule has 0 amide bonds. The molecule has 11 nitrogen and oxygen atoms in total. The van der Waals surface area contributed by atoms with Crippen molar-refractivity contribution in [2.45, 2.75) is 5.92 Å². The number of ether oxygens (including phenoxy) is 5. The van der Waals surface area contributed by atoms with E-state index in [0.717, 1.165) is 5.56 Å². The molecule has 0 saturated heterocycles. The van der Waals surface area contributed by atoms with Crippen LogP contribution in [0.15, 0.2) is 72.1 Å². The first-order chi connectivity index (χ1) is 17.8. The highest BCUT2D eigenvalue weighted by atomic mass is 16.6. The van der Waals surface area contributed by atoms with Crippen LogP contribution in [0.25, 0.3) is 0 Å². The van der Waals surface area contributed by atoms with Crippen molar-refractivity contribution in [3.05, 3.63) is 93.4 Å². The molecule has 3 aromatic carbocycles. The minimum Gasteiger partial charge on any atom is -0.493 e. The second-order valence-corrected chi connectivity index (χ2v) is 7.75. The van der Waals surface area contributed by atoms with Gasteiger partial charge in [0, 0.05) is 23.8 Å². The molecule has 0 aromatic heterocycles. The van der Waals surface area contributed by atoms with Gasteiger partial charge in [0.25, 0.3) is 5.69 Å². The number of carbonyl (C=O) groups excluding carboxylic acids is 1. The topological polar surface area (TPSA) is 156 Å². The van der Waals surface area contributed by atoms with Crippen LogP contribution in [0.4, 0.5) is 5.69 Å². The number of methoxy groups -OCH3 is 2. The number of allylic oxidation sites excluding steroid dienone is 1. The number of nitrogens with zero attached hydrogens (tertiary/aromatic N) is 2. The summed E-state index contributed by atoms with van der Waals surface area (Å²) in [6.45, 7) is -0.426. The van der Waals surface area contributed by atoms with Crippen LogP contribution in [-0.4, -0.2) is 31.7 Å². The molecule has 1 aliphatic heterocycles. The van der Waals surface area contributed by atoms with Crippen LogP contribution in [0, 0.1) is 21.4 Å². The molecule has 1 aliphatic rings. The van der Waals surface area contributed by atoms with E-state index in [1.54, 1.807) is 30.3 Å². The lowest BCUT2D eigenvalue weighted by Gasteiger charge is -2.27. The molecule has 2 N–H and O–H groups in total. The molecule has 0 aliphatic carbocycles. The number of nitriles is 1. The maximum Gasteiger partial charge on any atom is 0.349 e. The molecule has 0 saturated carbocycles. The molecule has 0 radical (unpaired) electrons. The van der Waals surface area contributed by atoms with Crippen molar-refractivity contribution in [3.63, 3.8) is 0 Å². The van der Waals surface area contributed by atoms with Gasteiger partial charge in [0.1, 0.15) is 28.9 Å². The Morgan fingerprint density at radius 2 is 1.76 bits per heavy atom. The Morgan fingerprint density at radius 1 is 1.05 bits per heavy atom. The third-order valence-corrected chi connectivity index (χ3v) is 5.57. The number of hydrogen-bond donors (Lipinski definition) is 1. The Morgan fingerprint density at radius 3 is 2.41 bits per heavy atom. The Hall–Kier alpha value is -5.24. The molecular formula is C26H21N3O8. The second-order valence-electron chi connectivity index (χ2n) is 7.75. The molecular weight excluding hydrogens is 482 g/mol. The third-order valence-electron chi connectivity index (χ3n) is 5.57. The summed E-state index contributed by atoms with van der Waals surface area (Å²) in [6, 6.07) is 17.4. The van der Waals surface area contributed by atoms with Crippen LogP contribution in [0.5, 0.6) is 28.7 Å². The van der Waals surface area contributed by atoms with Crippen molar-refractivity contribution in [2.24, 2.45) is 5.73 Å². The van der Waals surface area contributed by atoms with E-state index in [4.69, 9.17) is 29.4 Å². The largest absolute Gasteiger partial charge is 0.493 e. The Bertz CT molecular complexity index is 1430. The van der Waals surface area contributed by atoms with Crippen molar-refractivity contribution >= 4 is 11.7 Å². The molecule has 1 heterocycles. The summed E-state index contributed by atoms with van der Waals surface area (Å²) < 4.78 is 27.1. The Balaban J connectivity index is 1.53. The number of esters is 1. The van der Waals surface area contributed by atoms with Crippen LogP contribution >= 0.6 is 0 Å². The van der Waals surface area contributed by atoms with Crippen LogP contribution in [0.2, 0.25) is 0 Å². The van der Waals surface area contributed by atoms with Crippen LogP contribution < -0.4 is 29.4 Å². The average Bonchev–Trinajstić information content (AvgIpc) is 2.90. The first-order valence-corrected chi connectivity index (χ1v) is 10.9. The predicted octanol–water partition coefficient (Wildman–Crippen LogP) is 3.81. The summed E-state index contributed by atoms with van der Waals surface area (Å²) >= 11 is 0. The summed E-state index contributed by atoms with van der Waals surface area (Å²) in [7, 11) is 3.04. The number of fused-ring (bicyclic) bond motifs is 1. The maximum absolute atomic E-state index is 12.3. The van der Waals surface area contributed by atoms with Gasteiger partial charge in [-0.3, -0.25) is 10.1 Å². The molecule has 4 rings (SSSR count).